The Balaban J connectivity index is 2.95. The van der Waals surface area contributed by atoms with Gasteiger partial charge in [0.25, 0.3) is 0 Å². The fourth-order valence-electron chi connectivity index (χ4n) is 1.03. The molecule has 0 aliphatic rings. The second-order valence-corrected chi connectivity index (χ2v) is 4.07. The van der Waals surface area contributed by atoms with Crippen molar-refractivity contribution in [2.24, 2.45) is 5.73 Å². The van der Waals surface area contributed by atoms with Crippen LogP contribution in [0, 0.1) is 12.3 Å². The number of terminal acetylenes is 1. The zero-order valence-corrected chi connectivity index (χ0v) is 9.27. The van der Waals surface area contributed by atoms with Crippen LogP contribution in [0.2, 0.25) is 5.02 Å². The normalized spacial score (nSPS) is 12.2. The van der Waals surface area contributed by atoms with Gasteiger partial charge in [0.1, 0.15) is 0 Å². The second kappa shape index (κ2) is 4.66. The lowest BCUT2D eigenvalue weighted by atomic mass is 10.1. The molecule has 1 nitrogen and oxygen atoms in total. The van der Waals surface area contributed by atoms with Gasteiger partial charge < -0.3 is 5.73 Å². The van der Waals surface area contributed by atoms with Gasteiger partial charge >= 0.3 is 0 Å². The Labute approximate surface area is 91.4 Å². The fraction of sp³-hybridized carbons (Fsp3) is 0.200. The Kier molecular flexibility index (Phi) is 3.80. The fourth-order valence-corrected chi connectivity index (χ4v) is 1.92. The topological polar surface area (TPSA) is 26.0 Å². The van der Waals surface area contributed by atoms with Gasteiger partial charge in [-0.1, -0.05) is 27.5 Å². The van der Waals surface area contributed by atoms with E-state index in [0.717, 1.165) is 10.0 Å². The summed E-state index contributed by atoms with van der Waals surface area (Å²) in [7, 11) is 0. The highest BCUT2D eigenvalue weighted by atomic mass is 79.9. The maximum Gasteiger partial charge on any atom is 0.0420 e. The minimum absolute atomic E-state index is 0.139. The molecule has 1 aromatic rings. The van der Waals surface area contributed by atoms with Crippen molar-refractivity contribution in [3.8, 4) is 12.3 Å². The molecule has 0 saturated heterocycles. The van der Waals surface area contributed by atoms with Crippen LogP contribution in [0.15, 0.2) is 22.7 Å². The van der Waals surface area contributed by atoms with Crippen LogP contribution in [0.5, 0.6) is 0 Å². The predicted octanol–water partition coefficient (Wildman–Crippen LogP) is 3.13. The number of rotatable bonds is 2. The van der Waals surface area contributed by atoms with Crippen molar-refractivity contribution in [3.63, 3.8) is 0 Å². The summed E-state index contributed by atoms with van der Waals surface area (Å²) < 4.78 is 0.919. The third-order valence-electron chi connectivity index (χ3n) is 1.65. The molecule has 13 heavy (non-hydrogen) atoms. The van der Waals surface area contributed by atoms with E-state index >= 15 is 0 Å². The molecule has 1 unspecified atom stereocenters. The minimum atomic E-state index is -0.139. The smallest absolute Gasteiger partial charge is 0.0420 e. The van der Waals surface area contributed by atoms with Gasteiger partial charge in [0, 0.05) is 22.0 Å². The summed E-state index contributed by atoms with van der Waals surface area (Å²) in [5, 5.41) is 0.664. The lowest BCUT2D eigenvalue weighted by Gasteiger charge is -2.09. The first-order chi connectivity index (χ1) is 6.13. The van der Waals surface area contributed by atoms with Gasteiger partial charge in [-0.3, -0.25) is 0 Å². The molecule has 0 aliphatic carbocycles. The lowest BCUT2D eigenvalue weighted by molar-refractivity contribution is 0.754. The van der Waals surface area contributed by atoms with Crippen molar-refractivity contribution in [2.45, 2.75) is 12.5 Å². The van der Waals surface area contributed by atoms with E-state index in [1.165, 1.54) is 0 Å². The van der Waals surface area contributed by atoms with E-state index in [4.69, 9.17) is 23.8 Å². The molecule has 0 bridgehead atoms. The van der Waals surface area contributed by atoms with Gasteiger partial charge in [-0.25, -0.2) is 0 Å². The molecule has 0 aliphatic heterocycles. The van der Waals surface area contributed by atoms with Gasteiger partial charge in [0.2, 0.25) is 0 Å². The molecule has 68 valence electrons. The molecule has 0 spiro atoms. The van der Waals surface area contributed by atoms with Gasteiger partial charge in [-0.2, -0.15) is 0 Å². The van der Waals surface area contributed by atoms with Crippen LogP contribution < -0.4 is 5.73 Å². The maximum atomic E-state index is 5.86. The summed E-state index contributed by atoms with van der Waals surface area (Å²) in [5.74, 6) is 2.52. The third kappa shape index (κ3) is 3.04. The van der Waals surface area contributed by atoms with Crippen molar-refractivity contribution in [3.05, 3.63) is 33.3 Å². The standard InChI is InChI=1S/C10H9BrClN/c1-2-3-10(13)7-4-8(11)6-9(12)5-7/h1,4-6,10H,3,13H2. The van der Waals surface area contributed by atoms with Crippen molar-refractivity contribution in [2.75, 3.05) is 0 Å². The third-order valence-corrected chi connectivity index (χ3v) is 2.33. The molecule has 0 aromatic heterocycles. The molecule has 3 heteroatoms. The molecule has 0 fully saturated rings. The number of halogens is 2. The van der Waals surface area contributed by atoms with Gasteiger partial charge in [-0.05, 0) is 23.8 Å². The highest BCUT2D eigenvalue weighted by Gasteiger charge is 2.05. The Morgan fingerprint density at radius 2 is 2.23 bits per heavy atom. The molecular formula is C10H9BrClN. The van der Waals surface area contributed by atoms with E-state index < -0.39 is 0 Å². The monoisotopic (exact) mass is 257 g/mol. The van der Waals surface area contributed by atoms with Crippen molar-refractivity contribution in [1.29, 1.82) is 0 Å². The first kappa shape index (κ1) is 10.6. The van der Waals surface area contributed by atoms with Gasteiger partial charge in [-0.15, -0.1) is 12.3 Å². The van der Waals surface area contributed by atoms with Crippen LogP contribution in [0.4, 0.5) is 0 Å². The minimum Gasteiger partial charge on any atom is -0.323 e. The highest BCUT2D eigenvalue weighted by Crippen LogP contribution is 2.23. The van der Waals surface area contributed by atoms with E-state index in [2.05, 4.69) is 21.9 Å². The molecule has 0 saturated carbocycles. The molecule has 1 rings (SSSR count). The van der Waals surface area contributed by atoms with Gasteiger partial charge in [0.15, 0.2) is 0 Å². The second-order valence-electron chi connectivity index (χ2n) is 2.72. The van der Waals surface area contributed by atoms with Gasteiger partial charge in [0.05, 0.1) is 0 Å². The number of nitrogens with two attached hydrogens (primary N) is 1. The lowest BCUT2D eigenvalue weighted by Crippen LogP contribution is -2.09. The average Bonchev–Trinajstić information content (AvgIpc) is 2.03. The highest BCUT2D eigenvalue weighted by molar-refractivity contribution is 9.10. The zero-order valence-electron chi connectivity index (χ0n) is 6.93. The van der Waals surface area contributed by atoms with Crippen molar-refractivity contribution >= 4 is 27.5 Å². The van der Waals surface area contributed by atoms with E-state index in [-0.39, 0.29) is 6.04 Å². The first-order valence-corrected chi connectivity index (χ1v) is 4.95. The molecule has 0 radical (unpaired) electrons. The first-order valence-electron chi connectivity index (χ1n) is 3.78. The predicted molar refractivity (Wildman–Crippen MR) is 59.5 cm³/mol. The molecule has 0 amide bonds. The number of hydrogen-bond donors (Lipinski definition) is 1. The Hall–Kier alpha value is -0.490. The van der Waals surface area contributed by atoms with Crippen LogP contribution in [-0.4, -0.2) is 0 Å². The summed E-state index contributed by atoms with van der Waals surface area (Å²) in [5.41, 5.74) is 6.78. The molecular weight excluding hydrogens is 249 g/mol. The molecule has 1 atom stereocenters. The largest absolute Gasteiger partial charge is 0.323 e. The quantitative estimate of drug-likeness (QED) is 0.811. The van der Waals surface area contributed by atoms with E-state index in [0.29, 0.717) is 11.4 Å². The van der Waals surface area contributed by atoms with Crippen molar-refractivity contribution in [1.82, 2.24) is 0 Å². The average molecular weight is 259 g/mol. The molecule has 0 heterocycles. The molecule has 2 N–H and O–H groups in total. The summed E-state index contributed by atoms with van der Waals surface area (Å²) in [6.07, 6.45) is 5.69. The summed E-state index contributed by atoms with van der Waals surface area (Å²) in [4.78, 5) is 0. The number of hydrogen-bond acceptors (Lipinski definition) is 1. The van der Waals surface area contributed by atoms with Crippen LogP contribution in [0.25, 0.3) is 0 Å². The zero-order chi connectivity index (χ0) is 9.84. The van der Waals surface area contributed by atoms with E-state index in [1.54, 1.807) is 0 Å². The molecule has 1 aromatic carbocycles. The maximum absolute atomic E-state index is 5.86. The van der Waals surface area contributed by atoms with Crippen LogP contribution >= 0.6 is 27.5 Å². The Morgan fingerprint density at radius 3 is 2.77 bits per heavy atom. The Bertz CT molecular complexity index is 323. The summed E-state index contributed by atoms with van der Waals surface area (Å²) in [6.45, 7) is 0. The summed E-state index contributed by atoms with van der Waals surface area (Å²) >= 11 is 9.20. The van der Waals surface area contributed by atoms with E-state index in [9.17, 15) is 0 Å². The van der Waals surface area contributed by atoms with Crippen LogP contribution in [0.3, 0.4) is 0 Å². The van der Waals surface area contributed by atoms with Crippen LogP contribution in [0.1, 0.15) is 18.0 Å². The number of benzene rings is 1. The van der Waals surface area contributed by atoms with Crippen LogP contribution in [-0.2, 0) is 0 Å². The van der Waals surface area contributed by atoms with Crippen molar-refractivity contribution < 1.29 is 0 Å². The summed E-state index contributed by atoms with van der Waals surface area (Å²) in [6, 6.07) is 5.43. The SMILES string of the molecule is C#CCC(N)c1cc(Cl)cc(Br)c1. The van der Waals surface area contributed by atoms with E-state index in [1.807, 2.05) is 18.2 Å². The Morgan fingerprint density at radius 1 is 1.54 bits per heavy atom.